The van der Waals surface area contributed by atoms with E-state index in [4.69, 9.17) is 10.8 Å². The summed E-state index contributed by atoms with van der Waals surface area (Å²) in [4.78, 5) is 31.0. The van der Waals surface area contributed by atoms with Gasteiger partial charge in [0.15, 0.2) is 11.6 Å². The molecule has 0 atom stereocenters. The summed E-state index contributed by atoms with van der Waals surface area (Å²) in [5.74, 6) is -0.316. The predicted octanol–water partition coefficient (Wildman–Crippen LogP) is -0.393. The molecule has 0 bridgehead atoms. The Kier molecular flexibility index (Phi) is 2.77. The molecular formula is C9H11N5O3. The van der Waals surface area contributed by atoms with Crippen molar-refractivity contribution < 1.29 is 14.7 Å². The fourth-order valence-electron chi connectivity index (χ4n) is 1.46. The molecule has 0 unspecified atom stereocenters. The van der Waals surface area contributed by atoms with Gasteiger partial charge in [0.1, 0.15) is 0 Å². The Morgan fingerprint density at radius 2 is 2.06 bits per heavy atom. The monoisotopic (exact) mass is 237 g/mol. The first-order valence-corrected chi connectivity index (χ1v) is 4.93. The maximum atomic E-state index is 11.7. The zero-order valence-corrected chi connectivity index (χ0v) is 8.83. The molecule has 0 aromatic carbocycles. The van der Waals surface area contributed by atoms with Crippen molar-refractivity contribution in [2.24, 2.45) is 5.92 Å². The fraction of sp³-hybridized carbons (Fsp3) is 0.333. The molecule has 2 rings (SSSR count). The summed E-state index contributed by atoms with van der Waals surface area (Å²) in [5, 5.41) is 11.1. The zero-order valence-electron chi connectivity index (χ0n) is 8.83. The van der Waals surface area contributed by atoms with E-state index in [1.807, 2.05) is 0 Å². The minimum Gasteiger partial charge on any atom is -0.465 e. The van der Waals surface area contributed by atoms with Crippen LogP contribution in [0.2, 0.25) is 0 Å². The second-order valence-corrected chi connectivity index (χ2v) is 3.66. The molecule has 1 aliphatic rings. The molecule has 0 saturated carbocycles. The summed E-state index contributed by atoms with van der Waals surface area (Å²) in [5.41, 5.74) is 5.51. The summed E-state index contributed by atoms with van der Waals surface area (Å²) >= 11 is 0. The van der Waals surface area contributed by atoms with Gasteiger partial charge in [-0.3, -0.25) is 4.79 Å². The zero-order chi connectivity index (χ0) is 12.4. The van der Waals surface area contributed by atoms with E-state index in [9.17, 15) is 9.59 Å². The van der Waals surface area contributed by atoms with Crippen LogP contribution in [0, 0.1) is 5.92 Å². The van der Waals surface area contributed by atoms with Crippen LogP contribution >= 0.6 is 0 Å². The van der Waals surface area contributed by atoms with Crippen molar-refractivity contribution in [1.29, 1.82) is 0 Å². The molecule has 1 aromatic rings. The summed E-state index contributed by atoms with van der Waals surface area (Å²) in [6, 6.07) is 0. The number of carbonyl (C=O) groups is 2. The average molecular weight is 237 g/mol. The topological polar surface area (TPSA) is 121 Å². The number of hydrogen-bond acceptors (Lipinski definition) is 5. The van der Waals surface area contributed by atoms with Crippen LogP contribution < -0.4 is 11.1 Å². The summed E-state index contributed by atoms with van der Waals surface area (Å²) in [6.07, 6.45) is 1.81. The highest BCUT2D eigenvalue weighted by atomic mass is 16.4. The Morgan fingerprint density at radius 3 is 2.65 bits per heavy atom. The van der Waals surface area contributed by atoms with Crippen LogP contribution in [0.15, 0.2) is 12.4 Å². The largest absolute Gasteiger partial charge is 0.465 e. The second kappa shape index (κ2) is 4.24. The van der Waals surface area contributed by atoms with E-state index < -0.39 is 6.09 Å². The fourth-order valence-corrected chi connectivity index (χ4v) is 1.46. The minimum absolute atomic E-state index is 0.135. The lowest BCUT2D eigenvalue weighted by atomic mass is 10.00. The van der Waals surface area contributed by atoms with Crippen molar-refractivity contribution >= 4 is 23.6 Å². The number of rotatable bonds is 2. The van der Waals surface area contributed by atoms with Crippen LogP contribution in [-0.2, 0) is 4.79 Å². The van der Waals surface area contributed by atoms with Crippen molar-refractivity contribution in [2.45, 2.75) is 0 Å². The molecule has 0 spiro atoms. The summed E-state index contributed by atoms with van der Waals surface area (Å²) in [6.45, 7) is 0.392. The molecule has 4 N–H and O–H groups in total. The number of carboxylic acid groups (broad SMARTS) is 1. The standard InChI is InChI=1S/C9H11N5O3/c10-6-7(12-2-1-11-6)13-8(15)5-3-14(4-5)9(16)17/h1-2,5H,3-4H2,(H2,10,11)(H,16,17)(H,12,13,15). The van der Waals surface area contributed by atoms with Gasteiger partial charge in [-0.2, -0.15) is 0 Å². The molecule has 0 aliphatic carbocycles. The summed E-state index contributed by atoms with van der Waals surface area (Å²) < 4.78 is 0. The van der Waals surface area contributed by atoms with E-state index >= 15 is 0 Å². The van der Waals surface area contributed by atoms with Crippen LogP contribution in [0.3, 0.4) is 0 Å². The lowest BCUT2D eigenvalue weighted by Crippen LogP contribution is -2.54. The molecule has 2 heterocycles. The highest BCUT2D eigenvalue weighted by Crippen LogP contribution is 2.18. The van der Waals surface area contributed by atoms with Gasteiger partial charge in [0, 0.05) is 25.5 Å². The van der Waals surface area contributed by atoms with E-state index in [0.717, 1.165) is 4.90 Å². The van der Waals surface area contributed by atoms with Crippen molar-refractivity contribution in [3.63, 3.8) is 0 Å². The molecule has 1 aromatic heterocycles. The molecule has 1 aliphatic heterocycles. The SMILES string of the molecule is Nc1nccnc1NC(=O)C1CN(C(=O)O)C1. The van der Waals surface area contributed by atoms with Crippen LogP contribution in [0.5, 0.6) is 0 Å². The maximum Gasteiger partial charge on any atom is 0.407 e. The smallest absolute Gasteiger partial charge is 0.407 e. The Morgan fingerprint density at radius 1 is 1.41 bits per heavy atom. The van der Waals surface area contributed by atoms with Gasteiger partial charge in [-0.15, -0.1) is 0 Å². The third kappa shape index (κ3) is 2.25. The highest BCUT2D eigenvalue weighted by molar-refractivity contribution is 5.95. The number of anilines is 2. The normalized spacial score (nSPS) is 15.2. The minimum atomic E-state index is -1.02. The van der Waals surface area contributed by atoms with Gasteiger partial charge in [-0.1, -0.05) is 0 Å². The van der Waals surface area contributed by atoms with Gasteiger partial charge in [-0.25, -0.2) is 14.8 Å². The predicted molar refractivity (Wildman–Crippen MR) is 58.2 cm³/mol. The van der Waals surface area contributed by atoms with Gasteiger partial charge < -0.3 is 21.1 Å². The molecule has 90 valence electrons. The first kappa shape index (κ1) is 11.1. The number of nitrogen functional groups attached to an aromatic ring is 1. The van der Waals surface area contributed by atoms with Crippen LogP contribution in [0.25, 0.3) is 0 Å². The van der Waals surface area contributed by atoms with Crippen molar-refractivity contribution in [3.05, 3.63) is 12.4 Å². The van der Waals surface area contributed by atoms with Crippen molar-refractivity contribution in [1.82, 2.24) is 14.9 Å². The van der Waals surface area contributed by atoms with Crippen molar-refractivity contribution in [2.75, 3.05) is 24.1 Å². The van der Waals surface area contributed by atoms with Crippen molar-refractivity contribution in [3.8, 4) is 0 Å². The van der Waals surface area contributed by atoms with E-state index in [0.29, 0.717) is 0 Å². The lowest BCUT2D eigenvalue weighted by Gasteiger charge is -2.35. The van der Waals surface area contributed by atoms with Gasteiger partial charge in [0.25, 0.3) is 0 Å². The molecule has 0 radical (unpaired) electrons. The molecule has 1 fully saturated rings. The number of nitrogens with two attached hydrogens (primary N) is 1. The van der Waals surface area contributed by atoms with E-state index in [-0.39, 0.29) is 36.6 Å². The molecule has 17 heavy (non-hydrogen) atoms. The Hall–Kier alpha value is -2.38. The number of carbonyl (C=O) groups excluding carboxylic acids is 1. The van der Waals surface area contributed by atoms with Gasteiger partial charge in [-0.05, 0) is 0 Å². The number of nitrogens with zero attached hydrogens (tertiary/aromatic N) is 3. The Labute approximate surface area is 96.5 Å². The number of aromatic nitrogens is 2. The van der Waals surface area contributed by atoms with Gasteiger partial charge >= 0.3 is 6.09 Å². The molecular weight excluding hydrogens is 226 g/mol. The molecule has 1 saturated heterocycles. The first-order chi connectivity index (χ1) is 8.08. The van der Waals surface area contributed by atoms with Crippen LogP contribution in [0.1, 0.15) is 0 Å². The third-order valence-corrected chi connectivity index (χ3v) is 2.49. The Bertz CT molecular complexity index is 458. The average Bonchev–Trinajstić information content (AvgIpc) is 2.18. The summed E-state index contributed by atoms with van der Waals surface area (Å²) in [7, 11) is 0. The van der Waals surface area contributed by atoms with E-state index in [2.05, 4.69) is 15.3 Å². The second-order valence-electron chi connectivity index (χ2n) is 3.66. The van der Waals surface area contributed by atoms with Gasteiger partial charge in [0.05, 0.1) is 5.92 Å². The van der Waals surface area contributed by atoms with Crippen LogP contribution in [0.4, 0.5) is 16.4 Å². The first-order valence-electron chi connectivity index (χ1n) is 4.93. The number of nitrogens with one attached hydrogen (secondary N) is 1. The van der Waals surface area contributed by atoms with Gasteiger partial charge in [0.2, 0.25) is 5.91 Å². The quantitative estimate of drug-likeness (QED) is 0.643. The number of hydrogen-bond donors (Lipinski definition) is 3. The maximum absolute atomic E-state index is 11.7. The van der Waals surface area contributed by atoms with E-state index in [1.54, 1.807) is 0 Å². The highest BCUT2D eigenvalue weighted by Gasteiger charge is 2.35. The molecule has 2 amide bonds. The van der Waals surface area contributed by atoms with Crippen LogP contribution in [-0.4, -0.2) is 45.1 Å². The van der Waals surface area contributed by atoms with E-state index in [1.165, 1.54) is 12.4 Å². The number of likely N-dealkylation sites (tertiary alicyclic amines) is 1. The number of amides is 2. The Balaban J connectivity index is 1.91. The lowest BCUT2D eigenvalue weighted by molar-refractivity contribution is -0.123. The molecule has 8 nitrogen and oxygen atoms in total. The molecule has 8 heteroatoms. The third-order valence-electron chi connectivity index (χ3n) is 2.49.